The third-order valence-electron chi connectivity index (χ3n) is 2.92. The van der Waals surface area contributed by atoms with E-state index in [1.165, 1.54) is 5.56 Å². The lowest BCUT2D eigenvalue weighted by molar-refractivity contribution is 0.352. The summed E-state index contributed by atoms with van der Waals surface area (Å²) in [5.74, 6) is 0.965. The summed E-state index contributed by atoms with van der Waals surface area (Å²) >= 11 is 0. The zero-order chi connectivity index (χ0) is 12.7. The van der Waals surface area contributed by atoms with E-state index in [1.54, 1.807) is 7.11 Å². The third kappa shape index (κ3) is 4.75. The lowest BCUT2D eigenvalue weighted by Gasteiger charge is -2.22. The molecular weight excluding hydrogens is 212 g/mol. The molecule has 0 unspecified atom stereocenters. The first-order valence-electron chi connectivity index (χ1n) is 6.12. The molecule has 17 heavy (non-hydrogen) atoms. The van der Waals surface area contributed by atoms with Crippen molar-refractivity contribution in [2.75, 3.05) is 26.7 Å². The van der Waals surface area contributed by atoms with Crippen molar-refractivity contribution in [3.63, 3.8) is 0 Å². The maximum atomic E-state index is 5.69. The van der Waals surface area contributed by atoms with Gasteiger partial charge in [0.1, 0.15) is 5.75 Å². The summed E-state index contributed by atoms with van der Waals surface area (Å²) < 4.78 is 5.32. The Labute approximate surface area is 104 Å². The normalized spacial score (nSPS) is 11.5. The monoisotopic (exact) mass is 236 g/mol. The Bertz CT molecular complexity index is 337. The summed E-state index contributed by atoms with van der Waals surface area (Å²) in [6, 6.07) is 8.14. The highest BCUT2D eigenvalue weighted by atomic mass is 16.5. The van der Waals surface area contributed by atoms with E-state index in [0.717, 1.165) is 25.3 Å². The zero-order valence-corrected chi connectivity index (χ0v) is 11.1. The minimum Gasteiger partial charge on any atom is -0.496 e. The number of ether oxygens (including phenoxy) is 1. The predicted octanol–water partition coefficient (Wildman–Crippen LogP) is 1.81. The minimum atomic E-state index is 0.167. The Balaban J connectivity index is 2.36. The molecule has 0 atom stereocenters. The highest BCUT2D eigenvalue weighted by Crippen LogP contribution is 2.17. The van der Waals surface area contributed by atoms with Crippen LogP contribution in [0.25, 0.3) is 0 Å². The second kappa shape index (κ2) is 6.62. The topological polar surface area (TPSA) is 47.3 Å². The summed E-state index contributed by atoms with van der Waals surface area (Å²) in [5, 5.41) is 3.44. The number of hydrogen-bond acceptors (Lipinski definition) is 3. The van der Waals surface area contributed by atoms with Crippen LogP contribution in [0.5, 0.6) is 5.75 Å². The molecule has 0 fully saturated rings. The number of nitrogens with two attached hydrogens (primary N) is 1. The van der Waals surface area contributed by atoms with Gasteiger partial charge in [-0.2, -0.15) is 0 Å². The van der Waals surface area contributed by atoms with Crippen LogP contribution in [0.1, 0.15) is 19.4 Å². The van der Waals surface area contributed by atoms with Gasteiger partial charge in [-0.25, -0.2) is 0 Å². The van der Waals surface area contributed by atoms with Crippen LogP contribution in [0, 0.1) is 5.41 Å². The average Bonchev–Trinajstić information content (AvgIpc) is 2.35. The molecule has 1 rings (SSSR count). The highest BCUT2D eigenvalue weighted by Gasteiger charge is 2.14. The van der Waals surface area contributed by atoms with Crippen molar-refractivity contribution in [2.24, 2.45) is 11.1 Å². The van der Waals surface area contributed by atoms with Crippen molar-refractivity contribution in [1.82, 2.24) is 5.32 Å². The molecule has 1 aromatic rings. The smallest absolute Gasteiger partial charge is 0.122 e. The van der Waals surface area contributed by atoms with E-state index < -0.39 is 0 Å². The van der Waals surface area contributed by atoms with Crippen molar-refractivity contribution < 1.29 is 4.74 Å². The van der Waals surface area contributed by atoms with E-state index in [9.17, 15) is 0 Å². The van der Waals surface area contributed by atoms with Gasteiger partial charge in [-0.3, -0.25) is 0 Å². The third-order valence-corrected chi connectivity index (χ3v) is 2.92. The second-order valence-corrected chi connectivity index (χ2v) is 5.11. The molecule has 0 saturated heterocycles. The fourth-order valence-corrected chi connectivity index (χ4v) is 1.63. The molecule has 0 aliphatic heterocycles. The molecule has 0 aromatic heterocycles. The summed E-state index contributed by atoms with van der Waals surface area (Å²) in [4.78, 5) is 0. The van der Waals surface area contributed by atoms with Gasteiger partial charge in [-0.15, -0.1) is 0 Å². The van der Waals surface area contributed by atoms with Crippen molar-refractivity contribution >= 4 is 0 Å². The Morgan fingerprint density at radius 1 is 1.29 bits per heavy atom. The maximum absolute atomic E-state index is 5.69. The van der Waals surface area contributed by atoms with Gasteiger partial charge in [0.25, 0.3) is 0 Å². The Hall–Kier alpha value is -1.06. The van der Waals surface area contributed by atoms with E-state index in [1.807, 2.05) is 18.2 Å². The number of hydrogen-bond donors (Lipinski definition) is 2. The fraction of sp³-hybridized carbons (Fsp3) is 0.571. The highest BCUT2D eigenvalue weighted by molar-refractivity contribution is 5.33. The van der Waals surface area contributed by atoms with Gasteiger partial charge >= 0.3 is 0 Å². The van der Waals surface area contributed by atoms with Gasteiger partial charge in [0, 0.05) is 6.54 Å². The molecule has 0 aliphatic rings. The first kappa shape index (κ1) is 14.0. The van der Waals surface area contributed by atoms with Crippen LogP contribution >= 0.6 is 0 Å². The summed E-state index contributed by atoms with van der Waals surface area (Å²) in [5.41, 5.74) is 7.10. The predicted molar refractivity (Wildman–Crippen MR) is 72.4 cm³/mol. The van der Waals surface area contributed by atoms with E-state index in [2.05, 4.69) is 25.2 Å². The van der Waals surface area contributed by atoms with E-state index >= 15 is 0 Å². The Morgan fingerprint density at radius 3 is 2.65 bits per heavy atom. The molecule has 0 bridgehead atoms. The van der Waals surface area contributed by atoms with Gasteiger partial charge in [0.15, 0.2) is 0 Å². The van der Waals surface area contributed by atoms with Crippen LogP contribution in [0.15, 0.2) is 24.3 Å². The van der Waals surface area contributed by atoms with E-state index in [4.69, 9.17) is 10.5 Å². The molecule has 96 valence electrons. The summed E-state index contributed by atoms with van der Waals surface area (Å²) in [7, 11) is 1.71. The van der Waals surface area contributed by atoms with Crippen molar-refractivity contribution in [3.8, 4) is 5.75 Å². The number of benzene rings is 1. The largest absolute Gasteiger partial charge is 0.496 e. The standard InChI is InChI=1S/C14H24N2O/c1-14(2,10-15)11-16-9-8-12-6-4-5-7-13(12)17-3/h4-7,16H,8-11,15H2,1-3H3. The lowest BCUT2D eigenvalue weighted by atomic mass is 9.94. The van der Waals surface area contributed by atoms with E-state index in [-0.39, 0.29) is 5.41 Å². The lowest BCUT2D eigenvalue weighted by Crippen LogP contribution is -2.36. The van der Waals surface area contributed by atoms with Crippen molar-refractivity contribution in [1.29, 1.82) is 0 Å². The summed E-state index contributed by atoms with van der Waals surface area (Å²) in [6.07, 6.45) is 0.977. The van der Waals surface area contributed by atoms with Gasteiger partial charge < -0.3 is 15.8 Å². The van der Waals surface area contributed by atoms with Crippen LogP contribution in [0.4, 0.5) is 0 Å². The molecule has 3 nitrogen and oxygen atoms in total. The maximum Gasteiger partial charge on any atom is 0.122 e. The molecule has 0 amide bonds. The quantitative estimate of drug-likeness (QED) is 0.710. The summed E-state index contributed by atoms with van der Waals surface area (Å²) in [6.45, 7) is 6.93. The molecule has 1 aromatic carbocycles. The SMILES string of the molecule is COc1ccccc1CCNCC(C)(C)CN. The first-order valence-corrected chi connectivity index (χ1v) is 6.12. The molecule has 0 heterocycles. The van der Waals surface area contributed by atoms with Crippen LogP contribution in [0.2, 0.25) is 0 Å². The van der Waals surface area contributed by atoms with Crippen LogP contribution < -0.4 is 15.8 Å². The number of methoxy groups -OCH3 is 1. The van der Waals surface area contributed by atoms with Crippen LogP contribution in [-0.2, 0) is 6.42 Å². The van der Waals surface area contributed by atoms with Gasteiger partial charge in [0.2, 0.25) is 0 Å². The fourth-order valence-electron chi connectivity index (χ4n) is 1.63. The molecule has 0 saturated carbocycles. The Morgan fingerprint density at radius 2 is 2.00 bits per heavy atom. The molecule has 0 radical (unpaired) electrons. The number of para-hydroxylation sites is 1. The first-order chi connectivity index (χ1) is 8.09. The number of rotatable bonds is 7. The minimum absolute atomic E-state index is 0.167. The number of nitrogens with one attached hydrogen (secondary N) is 1. The van der Waals surface area contributed by atoms with Gasteiger partial charge in [0.05, 0.1) is 7.11 Å². The average molecular weight is 236 g/mol. The van der Waals surface area contributed by atoms with Crippen LogP contribution in [-0.4, -0.2) is 26.7 Å². The van der Waals surface area contributed by atoms with Crippen molar-refractivity contribution in [2.45, 2.75) is 20.3 Å². The second-order valence-electron chi connectivity index (χ2n) is 5.11. The molecule has 3 heteroatoms. The van der Waals surface area contributed by atoms with Crippen LogP contribution in [0.3, 0.4) is 0 Å². The Kier molecular flexibility index (Phi) is 5.45. The molecular formula is C14H24N2O. The van der Waals surface area contributed by atoms with E-state index in [0.29, 0.717) is 6.54 Å². The molecule has 0 aliphatic carbocycles. The molecule has 0 spiro atoms. The molecule has 3 N–H and O–H groups in total. The zero-order valence-electron chi connectivity index (χ0n) is 11.1. The van der Waals surface area contributed by atoms with Gasteiger partial charge in [-0.05, 0) is 36.6 Å². The van der Waals surface area contributed by atoms with Gasteiger partial charge in [-0.1, -0.05) is 32.0 Å². The van der Waals surface area contributed by atoms with Crippen molar-refractivity contribution in [3.05, 3.63) is 29.8 Å².